The van der Waals surface area contributed by atoms with Gasteiger partial charge in [-0.1, -0.05) is 60.7 Å². The molecule has 3 amide bonds. The molecule has 0 heterocycles. The monoisotopic (exact) mass is 557 g/mol. The van der Waals surface area contributed by atoms with Crippen LogP contribution in [-0.2, 0) is 16.0 Å². The second-order valence-corrected chi connectivity index (χ2v) is 8.71. The second-order valence-electron chi connectivity index (χ2n) is 7.47. The number of aliphatic hydroxyl groups excluding tert-OH is 1. The minimum Gasteiger partial charge on any atom is -0.381 e. The number of nitrogens with one attached hydrogen (secondary N) is 2. The number of carbonyl (C=O) groups excluding carboxylic acids is 3. The van der Waals surface area contributed by atoms with Gasteiger partial charge in [-0.15, -0.1) is 0 Å². The van der Waals surface area contributed by atoms with Gasteiger partial charge in [0.1, 0.15) is 6.04 Å². The molecule has 0 radical (unpaired) electrons. The van der Waals surface area contributed by atoms with Gasteiger partial charge in [-0.05, 0) is 58.0 Å². The van der Waals surface area contributed by atoms with Crippen LogP contribution < -0.4 is 16.4 Å². The predicted octanol–water partition coefficient (Wildman–Crippen LogP) is 2.34. The number of carbonyl (C=O) groups is 3. The van der Waals surface area contributed by atoms with Crippen LogP contribution in [-0.4, -0.2) is 35.0 Å². The summed E-state index contributed by atoms with van der Waals surface area (Å²) in [5, 5.41) is 16.1. The van der Waals surface area contributed by atoms with Crippen molar-refractivity contribution in [1.82, 2.24) is 10.6 Å². The zero-order valence-corrected chi connectivity index (χ0v) is 19.8. The van der Waals surface area contributed by atoms with E-state index >= 15 is 0 Å². The molecule has 0 fully saturated rings. The maximum absolute atomic E-state index is 12.9. The largest absolute Gasteiger partial charge is 0.381 e. The third kappa shape index (κ3) is 6.87. The Labute approximate surface area is 205 Å². The summed E-state index contributed by atoms with van der Waals surface area (Å²) in [5.41, 5.74) is 7.24. The highest BCUT2D eigenvalue weighted by Crippen LogP contribution is 2.19. The number of nitrogens with two attached hydrogens (primary N) is 1. The Balaban J connectivity index is 1.78. The Morgan fingerprint density at radius 1 is 0.848 bits per heavy atom. The first-order valence-corrected chi connectivity index (χ1v) is 11.4. The Kier molecular flexibility index (Phi) is 8.56. The van der Waals surface area contributed by atoms with Crippen LogP contribution in [0, 0.1) is 3.57 Å². The molecule has 0 aliphatic heterocycles. The van der Waals surface area contributed by atoms with Crippen LogP contribution in [0.15, 0.2) is 84.9 Å². The number of hydrogen-bond donors (Lipinski definition) is 4. The quantitative estimate of drug-likeness (QED) is 0.302. The van der Waals surface area contributed by atoms with Crippen LogP contribution in [0.25, 0.3) is 0 Å². The van der Waals surface area contributed by atoms with Crippen molar-refractivity contribution in [3.8, 4) is 0 Å². The molecule has 7 nitrogen and oxygen atoms in total. The smallest absolute Gasteiger partial charge is 0.252 e. The van der Waals surface area contributed by atoms with Crippen molar-refractivity contribution in [1.29, 1.82) is 0 Å². The molecule has 8 heteroatoms. The highest BCUT2D eigenvalue weighted by Gasteiger charge is 2.31. The molecule has 0 aromatic heterocycles. The van der Waals surface area contributed by atoms with Crippen LogP contribution in [0.4, 0.5) is 0 Å². The lowest BCUT2D eigenvalue weighted by Crippen LogP contribution is -2.52. The highest BCUT2D eigenvalue weighted by atomic mass is 127. The van der Waals surface area contributed by atoms with Gasteiger partial charge in [0, 0.05) is 15.6 Å². The number of halogens is 1. The summed E-state index contributed by atoms with van der Waals surface area (Å²) >= 11 is 2.17. The summed E-state index contributed by atoms with van der Waals surface area (Å²) in [6.45, 7) is 0. The molecular formula is C25H24IN3O4. The van der Waals surface area contributed by atoms with Gasteiger partial charge in [0.25, 0.3) is 11.8 Å². The predicted molar refractivity (Wildman–Crippen MR) is 133 cm³/mol. The normalized spacial score (nSPS) is 13.4. The summed E-state index contributed by atoms with van der Waals surface area (Å²) in [4.78, 5) is 37.6. The lowest BCUT2D eigenvalue weighted by molar-refractivity contribution is -0.134. The zero-order valence-electron chi connectivity index (χ0n) is 17.6. The van der Waals surface area contributed by atoms with Gasteiger partial charge in [-0.2, -0.15) is 0 Å². The van der Waals surface area contributed by atoms with Gasteiger partial charge in [0.15, 0.2) is 6.10 Å². The first-order valence-electron chi connectivity index (χ1n) is 10.3. The first-order chi connectivity index (χ1) is 15.8. The summed E-state index contributed by atoms with van der Waals surface area (Å²) < 4.78 is 1.03. The van der Waals surface area contributed by atoms with E-state index in [0.29, 0.717) is 11.1 Å². The van der Waals surface area contributed by atoms with Crippen LogP contribution in [0.5, 0.6) is 0 Å². The molecule has 0 aliphatic carbocycles. The average molecular weight is 557 g/mol. The zero-order chi connectivity index (χ0) is 23.8. The van der Waals surface area contributed by atoms with Crippen molar-refractivity contribution in [2.75, 3.05) is 0 Å². The fourth-order valence-corrected chi connectivity index (χ4v) is 3.67. The van der Waals surface area contributed by atoms with E-state index in [1.165, 1.54) is 0 Å². The van der Waals surface area contributed by atoms with E-state index in [9.17, 15) is 19.5 Å². The molecule has 3 rings (SSSR count). The highest BCUT2D eigenvalue weighted by molar-refractivity contribution is 14.1. The molecule has 0 saturated heterocycles. The number of primary amides is 1. The van der Waals surface area contributed by atoms with Crippen molar-refractivity contribution in [3.63, 3.8) is 0 Å². The lowest BCUT2D eigenvalue weighted by atomic mass is 9.99. The molecule has 3 atom stereocenters. The number of rotatable bonds is 9. The minimum atomic E-state index is -1.65. The van der Waals surface area contributed by atoms with E-state index in [0.717, 1.165) is 9.13 Å². The summed E-state index contributed by atoms with van der Waals surface area (Å²) in [6, 6.07) is 22.5. The van der Waals surface area contributed by atoms with E-state index in [-0.39, 0.29) is 6.42 Å². The average Bonchev–Trinajstić information content (AvgIpc) is 2.83. The Morgan fingerprint density at radius 2 is 1.42 bits per heavy atom. The van der Waals surface area contributed by atoms with Gasteiger partial charge >= 0.3 is 0 Å². The van der Waals surface area contributed by atoms with Gasteiger partial charge in [0.2, 0.25) is 5.91 Å². The summed E-state index contributed by atoms with van der Waals surface area (Å²) in [5.74, 6) is -1.98. The number of benzene rings is 3. The molecule has 0 aliphatic rings. The molecule has 170 valence electrons. The van der Waals surface area contributed by atoms with Crippen molar-refractivity contribution in [2.45, 2.75) is 24.6 Å². The van der Waals surface area contributed by atoms with Crippen LogP contribution >= 0.6 is 22.6 Å². The van der Waals surface area contributed by atoms with Gasteiger partial charge < -0.3 is 21.5 Å². The maximum Gasteiger partial charge on any atom is 0.252 e. The standard InChI is InChI=1S/C25H24IN3O4/c26-19-13-11-16(12-14-19)15-20(23(27)31)28-25(33)22(30)21(17-7-3-1-4-8-17)29-24(32)18-9-5-2-6-10-18/h1-14,20-22,30H,15H2,(H2,27,31)(H,28,33)(H,29,32)/t20-,21+,22-/m1/s1. The third-order valence-corrected chi connectivity index (χ3v) is 5.80. The van der Waals surface area contributed by atoms with Gasteiger partial charge in [-0.3, -0.25) is 14.4 Å². The third-order valence-electron chi connectivity index (χ3n) is 5.08. The van der Waals surface area contributed by atoms with E-state index in [1.807, 2.05) is 24.3 Å². The molecule has 0 saturated carbocycles. The van der Waals surface area contributed by atoms with Crippen LogP contribution in [0.3, 0.4) is 0 Å². The molecule has 3 aromatic rings. The van der Waals surface area contributed by atoms with E-state index in [1.54, 1.807) is 60.7 Å². The van der Waals surface area contributed by atoms with Crippen molar-refractivity contribution in [3.05, 3.63) is 105 Å². The summed E-state index contributed by atoms with van der Waals surface area (Å²) in [6.07, 6.45) is -1.48. The van der Waals surface area contributed by atoms with E-state index in [2.05, 4.69) is 33.2 Å². The molecule has 5 N–H and O–H groups in total. The van der Waals surface area contributed by atoms with Gasteiger partial charge in [-0.25, -0.2) is 0 Å². The van der Waals surface area contributed by atoms with Crippen LogP contribution in [0.1, 0.15) is 27.5 Å². The molecule has 33 heavy (non-hydrogen) atoms. The Hall–Kier alpha value is -3.24. The first kappa shape index (κ1) is 24.4. The van der Waals surface area contributed by atoms with Crippen molar-refractivity contribution < 1.29 is 19.5 Å². The Bertz CT molecular complexity index is 1090. The molecule has 0 unspecified atom stereocenters. The molecule has 3 aromatic carbocycles. The fourth-order valence-electron chi connectivity index (χ4n) is 3.31. The molecule has 0 bridgehead atoms. The fraction of sp³-hybridized carbons (Fsp3) is 0.160. The number of amides is 3. The topological polar surface area (TPSA) is 122 Å². The van der Waals surface area contributed by atoms with Gasteiger partial charge in [0.05, 0.1) is 6.04 Å². The molecule has 0 spiro atoms. The lowest BCUT2D eigenvalue weighted by Gasteiger charge is -2.26. The van der Waals surface area contributed by atoms with Crippen LogP contribution in [0.2, 0.25) is 0 Å². The van der Waals surface area contributed by atoms with Crippen molar-refractivity contribution in [2.24, 2.45) is 5.73 Å². The van der Waals surface area contributed by atoms with E-state index in [4.69, 9.17) is 5.73 Å². The minimum absolute atomic E-state index is 0.178. The second kappa shape index (κ2) is 11.6. The number of hydrogen-bond acceptors (Lipinski definition) is 4. The molecular weight excluding hydrogens is 533 g/mol. The maximum atomic E-state index is 12.9. The van der Waals surface area contributed by atoms with E-state index < -0.39 is 35.9 Å². The van der Waals surface area contributed by atoms with Crippen molar-refractivity contribution >= 4 is 40.3 Å². The Morgan fingerprint density at radius 3 is 2.00 bits per heavy atom. The summed E-state index contributed by atoms with van der Waals surface area (Å²) in [7, 11) is 0. The number of aliphatic hydroxyl groups is 1. The SMILES string of the molecule is NC(=O)[C@@H](Cc1ccc(I)cc1)NC(=O)[C@H](O)[C@@H](NC(=O)c1ccccc1)c1ccccc1.